The van der Waals surface area contributed by atoms with Crippen molar-refractivity contribution in [3.05, 3.63) is 77.0 Å². The normalized spacial score (nSPS) is 23.8. The van der Waals surface area contributed by atoms with Gasteiger partial charge in [0.05, 0.1) is 22.7 Å². The molecule has 1 aliphatic rings. The molecule has 3 heterocycles. The van der Waals surface area contributed by atoms with Gasteiger partial charge in [-0.05, 0) is 61.7 Å². The first-order valence-corrected chi connectivity index (χ1v) is 13.5. The maximum Gasteiger partial charge on any atom is 0.185 e. The summed E-state index contributed by atoms with van der Waals surface area (Å²) in [5.41, 5.74) is 4.11. The smallest absolute Gasteiger partial charge is 0.185 e. The highest BCUT2D eigenvalue weighted by Gasteiger charge is 2.43. The van der Waals surface area contributed by atoms with E-state index in [0.717, 1.165) is 18.4 Å². The molecule has 12 heteroatoms. The van der Waals surface area contributed by atoms with E-state index in [1.807, 2.05) is 0 Å². The van der Waals surface area contributed by atoms with Crippen LogP contribution in [0.1, 0.15) is 48.0 Å². The molecule has 0 saturated carbocycles. The van der Waals surface area contributed by atoms with E-state index in [1.54, 1.807) is 19.9 Å². The number of hydrogen-bond acceptors (Lipinski definition) is 8. The summed E-state index contributed by atoms with van der Waals surface area (Å²) in [6, 6.07) is 4.16. The molecule has 0 aliphatic carbocycles. The molecular weight excluding hydrogens is 523 g/mol. The van der Waals surface area contributed by atoms with Crippen molar-refractivity contribution in [2.24, 2.45) is 5.73 Å². The number of rotatable bonds is 6. The average Bonchev–Trinajstić information content (AvgIpc) is 2.83. The number of carbonyl (C=O) groups is 1. The van der Waals surface area contributed by atoms with Crippen molar-refractivity contribution >= 4 is 15.6 Å². The van der Waals surface area contributed by atoms with Crippen LogP contribution in [0.2, 0.25) is 0 Å². The lowest BCUT2D eigenvalue weighted by atomic mass is 9.82. The van der Waals surface area contributed by atoms with Gasteiger partial charge >= 0.3 is 0 Å². The molecule has 8 nitrogen and oxygen atoms in total. The minimum absolute atomic E-state index is 0.237. The van der Waals surface area contributed by atoms with E-state index in [2.05, 4.69) is 9.97 Å². The van der Waals surface area contributed by atoms with Gasteiger partial charge in [-0.15, -0.1) is 0 Å². The Bertz CT molecular complexity index is 1480. The number of aromatic nitrogens is 2. The fourth-order valence-electron chi connectivity index (χ4n) is 4.34. The molecule has 3 N–H and O–H groups in total. The number of nitrogens with zero attached hydrogens (tertiary/aromatic N) is 2. The van der Waals surface area contributed by atoms with E-state index in [9.17, 15) is 31.5 Å². The van der Waals surface area contributed by atoms with Crippen LogP contribution in [0.25, 0.3) is 11.3 Å². The van der Waals surface area contributed by atoms with Crippen LogP contribution >= 0.6 is 0 Å². The van der Waals surface area contributed by atoms with E-state index in [0.29, 0.717) is 23.3 Å². The van der Waals surface area contributed by atoms with Gasteiger partial charge in [-0.2, -0.15) is 0 Å². The monoisotopic (exact) mass is 549 g/mol. The average molecular weight is 550 g/mol. The van der Waals surface area contributed by atoms with Gasteiger partial charge in [-0.1, -0.05) is 0 Å². The Morgan fingerprint density at radius 3 is 2.45 bits per heavy atom. The first-order chi connectivity index (χ1) is 17.7. The number of ether oxygens (including phenoxy) is 1. The number of hydrogen-bond donors (Lipinski definition) is 2. The van der Waals surface area contributed by atoms with Crippen molar-refractivity contribution in [1.29, 1.82) is 0 Å². The first kappa shape index (κ1) is 27.8. The molecule has 0 spiro atoms. The van der Waals surface area contributed by atoms with Gasteiger partial charge in [-0.25, -0.2) is 26.6 Å². The zero-order chi connectivity index (χ0) is 28.0. The molecule has 4 rings (SSSR count). The number of ketones is 1. The maximum atomic E-state index is 14.7. The van der Waals surface area contributed by atoms with Crippen LogP contribution in [0.4, 0.5) is 13.2 Å². The molecule has 4 atom stereocenters. The third-order valence-electron chi connectivity index (χ3n) is 6.86. The fraction of sp³-hybridized carbons (Fsp3) is 0.346. The molecule has 3 aromatic rings. The second kappa shape index (κ2) is 10.2. The Morgan fingerprint density at radius 1 is 1.18 bits per heavy atom. The summed E-state index contributed by atoms with van der Waals surface area (Å²) in [5.74, 6) is -4.37. The van der Waals surface area contributed by atoms with E-state index >= 15 is 0 Å². The minimum atomic E-state index is -3.93. The number of benzene rings is 1. The Morgan fingerprint density at radius 2 is 1.84 bits per heavy atom. The van der Waals surface area contributed by atoms with Crippen molar-refractivity contribution in [3.63, 3.8) is 0 Å². The first-order valence-electron chi connectivity index (χ1n) is 11.7. The maximum absolute atomic E-state index is 14.7. The third-order valence-corrected chi connectivity index (χ3v) is 7.95. The van der Waals surface area contributed by atoms with Gasteiger partial charge in [0.25, 0.3) is 0 Å². The predicted molar refractivity (Wildman–Crippen MR) is 131 cm³/mol. The zero-order valence-corrected chi connectivity index (χ0v) is 21.6. The van der Waals surface area contributed by atoms with Gasteiger partial charge in [-0.3, -0.25) is 9.78 Å². The summed E-state index contributed by atoms with van der Waals surface area (Å²) < 4.78 is 73.4. The van der Waals surface area contributed by atoms with Crippen LogP contribution in [-0.4, -0.2) is 53.3 Å². The predicted octanol–water partition coefficient (Wildman–Crippen LogP) is 3.32. The number of sulfone groups is 1. The van der Waals surface area contributed by atoms with Crippen LogP contribution in [0, 0.1) is 17.5 Å². The molecule has 1 aromatic carbocycles. The van der Waals surface area contributed by atoms with Gasteiger partial charge < -0.3 is 15.6 Å². The van der Waals surface area contributed by atoms with E-state index in [4.69, 9.17) is 10.5 Å². The highest BCUT2D eigenvalue weighted by Crippen LogP contribution is 2.37. The van der Waals surface area contributed by atoms with Gasteiger partial charge in [0.2, 0.25) is 0 Å². The number of aliphatic hydroxyl groups is 1. The number of pyridine rings is 2. The lowest BCUT2D eigenvalue weighted by Gasteiger charge is -2.44. The zero-order valence-electron chi connectivity index (χ0n) is 20.8. The highest BCUT2D eigenvalue weighted by molar-refractivity contribution is 7.90. The van der Waals surface area contributed by atoms with Crippen molar-refractivity contribution in [2.75, 3.05) is 6.26 Å². The SMILES string of the molecule is C[C@H]1O[C@@H](c2ccncc2CC(=O)c2ccc(F)c(-c3c(F)cc(S(C)(=O)=O)cc3F)n2)C[C@@H](N)[C@]1(C)O. The minimum Gasteiger partial charge on any atom is -0.386 e. The summed E-state index contributed by atoms with van der Waals surface area (Å²) in [6.45, 7) is 3.29. The summed E-state index contributed by atoms with van der Waals surface area (Å²) >= 11 is 0. The standard InChI is InChI=1S/C26H26F3N3O5S/c1-13-26(2,34)23(30)11-22(37-13)16-6-7-31-12-14(16)8-21(33)20-5-4-17(27)25(32-20)24-18(28)9-15(10-19(24)29)38(3,35)36/h4-7,9-10,12-13,22-23,34H,8,11,30H2,1-3H3/t13-,22-,23-,26-/m1/s1. The topological polar surface area (TPSA) is 132 Å². The van der Waals surface area contributed by atoms with E-state index in [1.165, 1.54) is 12.4 Å². The molecule has 0 unspecified atom stereocenters. The van der Waals surface area contributed by atoms with E-state index in [-0.39, 0.29) is 18.5 Å². The van der Waals surface area contributed by atoms with E-state index < -0.39 is 73.1 Å². The quantitative estimate of drug-likeness (QED) is 0.448. The van der Waals surface area contributed by atoms with Crippen LogP contribution in [0.3, 0.4) is 0 Å². The molecule has 38 heavy (non-hydrogen) atoms. The van der Waals surface area contributed by atoms with Crippen LogP contribution in [0.5, 0.6) is 0 Å². The summed E-state index contributed by atoms with van der Waals surface area (Å²) in [4.78, 5) is 20.5. The molecule has 2 aromatic heterocycles. The van der Waals surface area contributed by atoms with Crippen LogP contribution in [0.15, 0.2) is 47.6 Å². The van der Waals surface area contributed by atoms with Crippen molar-refractivity contribution in [1.82, 2.24) is 9.97 Å². The second-order valence-corrected chi connectivity index (χ2v) is 11.6. The van der Waals surface area contributed by atoms with Gasteiger partial charge in [0.15, 0.2) is 15.6 Å². The van der Waals surface area contributed by atoms with Crippen LogP contribution < -0.4 is 5.73 Å². The molecule has 0 bridgehead atoms. The lowest BCUT2D eigenvalue weighted by molar-refractivity contribution is -0.171. The molecular formula is C26H26F3N3O5S. The number of nitrogens with two attached hydrogens (primary N) is 1. The number of Topliss-reactive ketones (excluding diaryl/α,β-unsaturated/α-hetero) is 1. The molecule has 1 fully saturated rings. The largest absolute Gasteiger partial charge is 0.386 e. The molecule has 202 valence electrons. The van der Waals surface area contributed by atoms with Gasteiger partial charge in [0, 0.05) is 31.1 Å². The van der Waals surface area contributed by atoms with Gasteiger partial charge in [0.1, 0.15) is 34.4 Å². The van der Waals surface area contributed by atoms with Crippen LogP contribution in [-0.2, 0) is 21.0 Å². The van der Waals surface area contributed by atoms with Crippen molar-refractivity contribution < 1.29 is 36.2 Å². The summed E-state index contributed by atoms with van der Waals surface area (Å²) in [6.07, 6.45) is 2.69. The molecule has 0 radical (unpaired) electrons. The van der Waals surface area contributed by atoms with Crippen molar-refractivity contribution in [3.8, 4) is 11.3 Å². The summed E-state index contributed by atoms with van der Waals surface area (Å²) in [5, 5.41) is 10.5. The molecule has 1 aliphatic heterocycles. The fourth-order valence-corrected chi connectivity index (χ4v) is 4.97. The molecule has 0 amide bonds. The third kappa shape index (κ3) is 5.35. The Hall–Kier alpha value is -3.19. The number of carbonyl (C=O) groups excluding carboxylic acids is 1. The van der Waals surface area contributed by atoms with Crippen molar-refractivity contribution in [2.45, 2.75) is 55.4 Å². The highest BCUT2D eigenvalue weighted by atomic mass is 32.2. The Labute approximate surface area is 217 Å². The second-order valence-electron chi connectivity index (χ2n) is 9.57. The Kier molecular flexibility index (Phi) is 7.45. The lowest BCUT2D eigenvalue weighted by Crippen LogP contribution is -2.58. The number of halogens is 3. The molecule has 1 saturated heterocycles. The summed E-state index contributed by atoms with van der Waals surface area (Å²) in [7, 11) is -3.93. The Balaban J connectivity index is 1.65.